The summed E-state index contributed by atoms with van der Waals surface area (Å²) in [5.74, 6) is 2.97. The van der Waals surface area contributed by atoms with Gasteiger partial charge in [-0.2, -0.15) is 11.8 Å². The molecule has 0 radical (unpaired) electrons. The van der Waals surface area contributed by atoms with Crippen molar-refractivity contribution in [2.24, 2.45) is 0 Å². The maximum Gasteiger partial charge on any atom is 0.138 e. The lowest BCUT2D eigenvalue weighted by molar-refractivity contribution is 0.660. The molecular formula is C11H19N3S. The standard InChI is InChI=1S/C11H19N3S/c1-3-6-12-8-10-5-7-13-11(14-10)9-15-4-2/h5,7,12H,3-4,6,8-9H2,1-2H3. The number of nitrogens with one attached hydrogen (secondary N) is 1. The van der Waals surface area contributed by atoms with E-state index >= 15 is 0 Å². The predicted molar refractivity (Wildman–Crippen MR) is 65.9 cm³/mol. The van der Waals surface area contributed by atoms with Crippen LogP contribution in [0.15, 0.2) is 12.3 Å². The molecule has 0 atom stereocenters. The van der Waals surface area contributed by atoms with Gasteiger partial charge in [-0.15, -0.1) is 0 Å². The number of nitrogens with zero attached hydrogens (tertiary/aromatic N) is 2. The third-order valence-corrected chi connectivity index (χ3v) is 2.80. The Morgan fingerprint density at radius 2 is 2.27 bits per heavy atom. The van der Waals surface area contributed by atoms with E-state index in [1.807, 2.05) is 24.0 Å². The quantitative estimate of drug-likeness (QED) is 0.722. The molecular weight excluding hydrogens is 206 g/mol. The molecule has 15 heavy (non-hydrogen) atoms. The summed E-state index contributed by atoms with van der Waals surface area (Å²) in [6, 6.07) is 1.97. The molecule has 84 valence electrons. The molecule has 0 aliphatic rings. The minimum Gasteiger partial charge on any atom is -0.311 e. The van der Waals surface area contributed by atoms with Crippen molar-refractivity contribution >= 4 is 11.8 Å². The van der Waals surface area contributed by atoms with Gasteiger partial charge in [0.25, 0.3) is 0 Å². The van der Waals surface area contributed by atoms with Gasteiger partial charge in [0.15, 0.2) is 0 Å². The normalized spacial score (nSPS) is 10.5. The summed E-state index contributed by atoms with van der Waals surface area (Å²) in [5, 5.41) is 3.34. The molecule has 0 saturated carbocycles. The zero-order valence-corrected chi connectivity index (χ0v) is 10.3. The minimum absolute atomic E-state index is 0.847. The summed E-state index contributed by atoms with van der Waals surface area (Å²) in [6.45, 7) is 6.21. The SMILES string of the molecule is CCCNCc1ccnc(CSCC)n1. The number of hydrogen-bond donors (Lipinski definition) is 1. The molecule has 3 nitrogen and oxygen atoms in total. The van der Waals surface area contributed by atoms with Crippen molar-refractivity contribution in [1.82, 2.24) is 15.3 Å². The first-order chi connectivity index (χ1) is 7.36. The average Bonchev–Trinajstić information content (AvgIpc) is 2.27. The van der Waals surface area contributed by atoms with Crippen molar-refractivity contribution in [3.63, 3.8) is 0 Å². The highest BCUT2D eigenvalue weighted by atomic mass is 32.2. The summed E-state index contributed by atoms with van der Waals surface area (Å²) in [5.41, 5.74) is 1.09. The van der Waals surface area contributed by atoms with Gasteiger partial charge in [-0.3, -0.25) is 0 Å². The lowest BCUT2D eigenvalue weighted by Gasteiger charge is -2.04. The first-order valence-corrected chi connectivity index (χ1v) is 6.61. The number of hydrogen-bond acceptors (Lipinski definition) is 4. The van der Waals surface area contributed by atoms with Gasteiger partial charge in [-0.05, 0) is 24.8 Å². The van der Waals surface area contributed by atoms with Crippen LogP contribution in [0.2, 0.25) is 0 Å². The Balaban J connectivity index is 2.42. The maximum atomic E-state index is 4.49. The Kier molecular flexibility index (Phi) is 6.36. The van der Waals surface area contributed by atoms with Gasteiger partial charge in [-0.1, -0.05) is 13.8 Å². The van der Waals surface area contributed by atoms with Crippen molar-refractivity contribution in [3.05, 3.63) is 23.8 Å². The van der Waals surface area contributed by atoms with Gasteiger partial charge in [0, 0.05) is 12.7 Å². The van der Waals surface area contributed by atoms with E-state index in [1.54, 1.807) is 0 Å². The van der Waals surface area contributed by atoms with E-state index in [1.165, 1.54) is 0 Å². The second kappa shape index (κ2) is 7.65. The van der Waals surface area contributed by atoms with Crippen LogP contribution in [0, 0.1) is 0 Å². The molecule has 0 saturated heterocycles. The molecule has 0 aromatic carbocycles. The third-order valence-electron chi connectivity index (χ3n) is 1.93. The van der Waals surface area contributed by atoms with Crippen molar-refractivity contribution in [2.75, 3.05) is 12.3 Å². The lowest BCUT2D eigenvalue weighted by atomic mass is 10.4. The molecule has 4 heteroatoms. The van der Waals surface area contributed by atoms with Crippen LogP contribution in [0.3, 0.4) is 0 Å². The van der Waals surface area contributed by atoms with Crippen LogP contribution >= 0.6 is 11.8 Å². The maximum absolute atomic E-state index is 4.49. The molecule has 1 heterocycles. The van der Waals surface area contributed by atoms with Gasteiger partial charge >= 0.3 is 0 Å². The van der Waals surface area contributed by atoms with E-state index in [-0.39, 0.29) is 0 Å². The summed E-state index contributed by atoms with van der Waals surface area (Å²) in [7, 11) is 0. The Bertz CT molecular complexity index is 278. The molecule has 1 rings (SSSR count). The predicted octanol–water partition coefficient (Wildman–Crippen LogP) is 2.23. The Labute approximate surface area is 96.1 Å². The van der Waals surface area contributed by atoms with Crippen molar-refractivity contribution in [2.45, 2.75) is 32.6 Å². The molecule has 0 amide bonds. The van der Waals surface area contributed by atoms with E-state index in [2.05, 4.69) is 29.1 Å². The molecule has 0 bridgehead atoms. The van der Waals surface area contributed by atoms with E-state index in [4.69, 9.17) is 0 Å². The Morgan fingerprint density at radius 3 is 3.00 bits per heavy atom. The number of rotatable bonds is 7. The lowest BCUT2D eigenvalue weighted by Crippen LogP contribution is -2.15. The molecule has 0 aliphatic carbocycles. The monoisotopic (exact) mass is 225 g/mol. The van der Waals surface area contributed by atoms with Gasteiger partial charge in [-0.25, -0.2) is 9.97 Å². The summed E-state index contributed by atoms with van der Waals surface area (Å²) in [4.78, 5) is 8.73. The van der Waals surface area contributed by atoms with E-state index in [0.717, 1.165) is 42.5 Å². The number of aromatic nitrogens is 2. The van der Waals surface area contributed by atoms with E-state index in [0.29, 0.717) is 0 Å². The van der Waals surface area contributed by atoms with Crippen LogP contribution in [-0.4, -0.2) is 22.3 Å². The molecule has 0 aliphatic heterocycles. The molecule has 0 fully saturated rings. The Hall–Kier alpha value is -0.610. The van der Waals surface area contributed by atoms with E-state index in [9.17, 15) is 0 Å². The minimum atomic E-state index is 0.847. The highest BCUT2D eigenvalue weighted by Crippen LogP contribution is 2.07. The number of thioether (sulfide) groups is 1. The smallest absolute Gasteiger partial charge is 0.138 e. The largest absolute Gasteiger partial charge is 0.311 e. The fourth-order valence-corrected chi connectivity index (χ4v) is 1.72. The van der Waals surface area contributed by atoms with Gasteiger partial charge < -0.3 is 5.32 Å². The second-order valence-electron chi connectivity index (χ2n) is 3.28. The van der Waals surface area contributed by atoms with Gasteiger partial charge in [0.05, 0.1) is 11.4 Å². The Morgan fingerprint density at radius 1 is 1.40 bits per heavy atom. The third kappa shape index (κ3) is 5.14. The van der Waals surface area contributed by atoms with Crippen molar-refractivity contribution in [3.8, 4) is 0 Å². The average molecular weight is 225 g/mol. The van der Waals surface area contributed by atoms with Crippen LogP contribution in [0.5, 0.6) is 0 Å². The van der Waals surface area contributed by atoms with Gasteiger partial charge in [0.1, 0.15) is 5.82 Å². The summed E-state index contributed by atoms with van der Waals surface area (Å²) < 4.78 is 0. The van der Waals surface area contributed by atoms with Crippen LogP contribution in [0.25, 0.3) is 0 Å². The summed E-state index contributed by atoms with van der Waals surface area (Å²) >= 11 is 1.85. The van der Waals surface area contributed by atoms with Crippen LogP contribution in [0.1, 0.15) is 31.8 Å². The molecule has 1 N–H and O–H groups in total. The zero-order valence-electron chi connectivity index (χ0n) is 9.49. The fourth-order valence-electron chi connectivity index (χ4n) is 1.20. The van der Waals surface area contributed by atoms with Crippen LogP contribution in [0.4, 0.5) is 0 Å². The first kappa shape index (κ1) is 12.5. The summed E-state index contributed by atoms with van der Waals surface area (Å²) in [6.07, 6.45) is 3.01. The fraction of sp³-hybridized carbons (Fsp3) is 0.636. The van der Waals surface area contributed by atoms with Crippen molar-refractivity contribution in [1.29, 1.82) is 0 Å². The van der Waals surface area contributed by atoms with Crippen LogP contribution in [-0.2, 0) is 12.3 Å². The highest BCUT2D eigenvalue weighted by Gasteiger charge is 1.98. The highest BCUT2D eigenvalue weighted by molar-refractivity contribution is 7.98. The molecule has 1 aromatic heterocycles. The van der Waals surface area contributed by atoms with Crippen LogP contribution < -0.4 is 5.32 Å². The van der Waals surface area contributed by atoms with Crippen molar-refractivity contribution < 1.29 is 0 Å². The van der Waals surface area contributed by atoms with Gasteiger partial charge in [0.2, 0.25) is 0 Å². The topological polar surface area (TPSA) is 37.8 Å². The molecule has 0 spiro atoms. The molecule has 1 aromatic rings. The second-order valence-corrected chi connectivity index (χ2v) is 4.55. The van der Waals surface area contributed by atoms with E-state index < -0.39 is 0 Å². The molecule has 0 unspecified atom stereocenters. The first-order valence-electron chi connectivity index (χ1n) is 5.46. The zero-order chi connectivity index (χ0) is 10.9.